The average Bonchev–Trinajstić information content (AvgIpc) is 2.88. The highest BCUT2D eigenvalue weighted by Gasteiger charge is 2.64. The Morgan fingerprint density at radius 2 is 1.96 bits per heavy atom. The van der Waals surface area contributed by atoms with Crippen molar-refractivity contribution in [3.8, 4) is 0 Å². The first kappa shape index (κ1) is 21.0. The summed E-state index contributed by atoms with van der Waals surface area (Å²) in [5, 5.41) is 13.4. The van der Waals surface area contributed by atoms with E-state index < -0.39 is 11.5 Å². The summed E-state index contributed by atoms with van der Waals surface area (Å²) in [4.78, 5) is 27.1. The molecule has 1 fully saturated rings. The average molecular weight is 386 g/mol. The molecule has 0 aromatic heterocycles. The van der Waals surface area contributed by atoms with Gasteiger partial charge in [0.15, 0.2) is 5.78 Å². The Labute approximate surface area is 169 Å². The number of ketones is 1. The highest BCUT2D eigenvalue weighted by Crippen LogP contribution is 2.55. The first-order chi connectivity index (χ1) is 13.2. The van der Waals surface area contributed by atoms with Crippen LogP contribution in [0, 0.1) is 29.1 Å². The minimum atomic E-state index is -1.11. The second-order valence-electron chi connectivity index (χ2n) is 9.53. The molecule has 28 heavy (non-hydrogen) atoms. The van der Waals surface area contributed by atoms with Crippen molar-refractivity contribution in [3.05, 3.63) is 35.5 Å². The van der Waals surface area contributed by atoms with E-state index in [0.717, 1.165) is 19.3 Å². The molecule has 0 saturated carbocycles. The number of carbonyl (C=O) groups is 2. The second-order valence-corrected chi connectivity index (χ2v) is 9.53. The van der Waals surface area contributed by atoms with Gasteiger partial charge in [-0.05, 0) is 57.4 Å². The molecule has 3 aliphatic rings. The van der Waals surface area contributed by atoms with Crippen LogP contribution in [0.3, 0.4) is 0 Å². The summed E-state index contributed by atoms with van der Waals surface area (Å²) in [6.45, 7) is 10.7. The molecule has 1 unspecified atom stereocenters. The largest absolute Gasteiger partial charge is 0.389 e. The van der Waals surface area contributed by atoms with E-state index in [1.54, 1.807) is 6.08 Å². The second kappa shape index (κ2) is 7.98. The number of rotatable bonds is 2. The van der Waals surface area contributed by atoms with Crippen LogP contribution in [0.5, 0.6) is 0 Å². The van der Waals surface area contributed by atoms with Crippen LogP contribution in [-0.4, -0.2) is 28.9 Å². The first-order valence-corrected chi connectivity index (χ1v) is 10.7. The molecule has 1 saturated heterocycles. The minimum Gasteiger partial charge on any atom is -0.389 e. The Bertz CT molecular complexity index is 732. The van der Waals surface area contributed by atoms with Crippen LogP contribution in [0.4, 0.5) is 0 Å². The highest BCUT2D eigenvalue weighted by molar-refractivity contribution is 6.13. The molecule has 4 nitrogen and oxygen atoms in total. The summed E-state index contributed by atoms with van der Waals surface area (Å²) in [5.41, 5.74) is 1.33. The van der Waals surface area contributed by atoms with E-state index in [9.17, 15) is 14.7 Å². The number of aliphatic hydroxyl groups is 1. The van der Waals surface area contributed by atoms with Crippen molar-refractivity contribution in [2.45, 2.75) is 72.4 Å². The zero-order chi connectivity index (χ0) is 20.6. The molecular formula is C24H35NO3. The molecule has 154 valence electrons. The zero-order valence-corrected chi connectivity index (χ0v) is 17.9. The van der Waals surface area contributed by atoms with Crippen molar-refractivity contribution in [3.63, 3.8) is 0 Å². The van der Waals surface area contributed by atoms with Gasteiger partial charge in [0.1, 0.15) is 5.41 Å². The zero-order valence-electron chi connectivity index (χ0n) is 17.9. The topological polar surface area (TPSA) is 66.4 Å². The normalized spacial score (nSPS) is 41.9. The van der Waals surface area contributed by atoms with Gasteiger partial charge in [0.2, 0.25) is 5.91 Å². The van der Waals surface area contributed by atoms with Gasteiger partial charge in [0.05, 0.1) is 6.10 Å². The molecule has 2 N–H and O–H groups in total. The SMILES string of the molecule is CC1=C[C@@H]2/C=C(/C)CCCC(O)/C=C\C(=O)[C@]23C(=O)N[C@@H](CC(C)C)[C@@H]3[C@@H]1C. The molecule has 6 atom stereocenters. The molecule has 4 heteroatoms. The van der Waals surface area contributed by atoms with E-state index in [-0.39, 0.29) is 35.5 Å². The van der Waals surface area contributed by atoms with Crippen molar-refractivity contribution >= 4 is 11.7 Å². The summed E-state index contributed by atoms with van der Waals surface area (Å²) in [7, 11) is 0. The summed E-state index contributed by atoms with van der Waals surface area (Å²) in [6, 6.07) is -0.00485. The smallest absolute Gasteiger partial charge is 0.235 e. The van der Waals surface area contributed by atoms with E-state index in [2.05, 4.69) is 52.1 Å². The van der Waals surface area contributed by atoms with Gasteiger partial charge in [0, 0.05) is 17.9 Å². The van der Waals surface area contributed by atoms with Gasteiger partial charge in [-0.1, -0.05) is 50.1 Å². The van der Waals surface area contributed by atoms with Crippen LogP contribution in [0.15, 0.2) is 35.5 Å². The quantitative estimate of drug-likeness (QED) is 0.558. The summed E-state index contributed by atoms with van der Waals surface area (Å²) >= 11 is 0. The lowest BCUT2D eigenvalue weighted by Gasteiger charge is -2.44. The number of hydrogen-bond acceptors (Lipinski definition) is 3. The third-order valence-electron chi connectivity index (χ3n) is 7.01. The number of allylic oxidation sites excluding steroid dienone is 5. The van der Waals surface area contributed by atoms with Crippen LogP contribution in [0.2, 0.25) is 0 Å². The van der Waals surface area contributed by atoms with E-state index in [0.29, 0.717) is 12.3 Å². The molecule has 0 aromatic rings. The Balaban J connectivity index is 2.20. The third-order valence-corrected chi connectivity index (χ3v) is 7.01. The van der Waals surface area contributed by atoms with E-state index in [1.807, 2.05) is 0 Å². The lowest BCUT2D eigenvalue weighted by molar-refractivity contribution is -0.142. The van der Waals surface area contributed by atoms with Crippen molar-refractivity contribution in [1.82, 2.24) is 5.32 Å². The van der Waals surface area contributed by atoms with Crippen molar-refractivity contribution < 1.29 is 14.7 Å². The summed E-state index contributed by atoms with van der Waals surface area (Å²) in [6.07, 6.45) is 9.95. The summed E-state index contributed by atoms with van der Waals surface area (Å²) in [5.74, 6) is -0.0253. The fraction of sp³-hybridized carbons (Fsp3) is 0.667. The number of nitrogens with one attached hydrogen (secondary N) is 1. The first-order valence-electron chi connectivity index (χ1n) is 10.7. The fourth-order valence-corrected chi connectivity index (χ4v) is 5.56. The van der Waals surface area contributed by atoms with Crippen molar-refractivity contribution in [2.24, 2.45) is 29.1 Å². The molecule has 0 bridgehead atoms. The molecule has 2 aliphatic carbocycles. The molecule has 0 radical (unpaired) electrons. The third kappa shape index (κ3) is 3.52. The van der Waals surface area contributed by atoms with Crippen LogP contribution < -0.4 is 5.32 Å². The summed E-state index contributed by atoms with van der Waals surface area (Å²) < 4.78 is 0. The minimum absolute atomic E-state index is 0.00485. The Morgan fingerprint density at radius 1 is 1.25 bits per heavy atom. The molecule has 1 spiro atoms. The van der Waals surface area contributed by atoms with Gasteiger partial charge >= 0.3 is 0 Å². The fourth-order valence-electron chi connectivity index (χ4n) is 5.56. The number of amides is 1. The highest BCUT2D eigenvalue weighted by atomic mass is 16.3. The molecule has 1 heterocycles. The molecule has 0 aromatic carbocycles. The number of carbonyl (C=O) groups excluding carboxylic acids is 2. The molecule has 3 rings (SSSR count). The van der Waals surface area contributed by atoms with E-state index >= 15 is 0 Å². The maximum atomic E-state index is 13.6. The number of hydrogen-bond donors (Lipinski definition) is 2. The maximum absolute atomic E-state index is 13.6. The number of aliphatic hydroxyl groups excluding tert-OH is 1. The van der Waals surface area contributed by atoms with Crippen LogP contribution >= 0.6 is 0 Å². The van der Waals surface area contributed by atoms with Gasteiger partial charge in [-0.3, -0.25) is 9.59 Å². The van der Waals surface area contributed by atoms with Gasteiger partial charge in [-0.25, -0.2) is 0 Å². The van der Waals surface area contributed by atoms with Crippen molar-refractivity contribution in [1.29, 1.82) is 0 Å². The van der Waals surface area contributed by atoms with Gasteiger partial charge in [-0.2, -0.15) is 0 Å². The predicted molar refractivity (Wildman–Crippen MR) is 111 cm³/mol. The molecule has 1 aliphatic heterocycles. The maximum Gasteiger partial charge on any atom is 0.235 e. The Morgan fingerprint density at radius 3 is 2.64 bits per heavy atom. The van der Waals surface area contributed by atoms with E-state index in [1.165, 1.54) is 17.2 Å². The van der Waals surface area contributed by atoms with Crippen LogP contribution in [-0.2, 0) is 9.59 Å². The van der Waals surface area contributed by atoms with Crippen LogP contribution in [0.25, 0.3) is 0 Å². The predicted octanol–water partition coefficient (Wildman–Crippen LogP) is 3.96. The van der Waals surface area contributed by atoms with Crippen molar-refractivity contribution in [2.75, 3.05) is 0 Å². The Hall–Kier alpha value is -1.68. The Kier molecular flexibility index (Phi) is 6.00. The lowest BCUT2D eigenvalue weighted by atomic mass is 9.55. The van der Waals surface area contributed by atoms with Gasteiger partial charge in [0.25, 0.3) is 0 Å². The van der Waals surface area contributed by atoms with Crippen LogP contribution in [0.1, 0.15) is 60.3 Å². The van der Waals surface area contributed by atoms with E-state index in [4.69, 9.17) is 0 Å². The molecule has 1 amide bonds. The standard InChI is InChI=1S/C24H35NO3/c1-14(2)11-20-22-17(5)16(4)13-18-12-15(3)7-6-8-19(26)9-10-21(27)24(18,22)23(28)25-20/h9-10,12-14,17-20,22,26H,6-8,11H2,1-5H3,(H,25,28)/b10-9-,15-12-/t17-,18+,19?,20+,22+,24-/m1/s1. The molecular weight excluding hydrogens is 350 g/mol. The lowest BCUT2D eigenvalue weighted by Crippen LogP contribution is -2.51. The van der Waals surface area contributed by atoms with Gasteiger partial charge in [-0.15, -0.1) is 0 Å². The monoisotopic (exact) mass is 385 g/mol. The van der Waals surface area contributed by atoms with Gasteiger partial charge < -0.3 is 10.4 Å².